The number of benzene rings is 1. The van der Waals surface area contributed by atoms with Crippen molar-refractivity contribution in [3.63, 3.8) is 0 Å². The van der Waals surface area contributed by atoms with Gasteiger partial charge in [0.1, 0.15) is 11.6 Å². The van der Waals surface area contributed by atoms with Crippen LogP contribution in [-0.2, 0) is 7.05 Å². The van der Waals surface area contributed by atoms with Gasteiger partial charge >= 0.3 is 12.5 Å². The van der Waals surface area contributed by atoms with Gasteiger partial charge in [0, 0.05) is 38.4 Å². The fourth-order valence-electron chi connectivity index (χ4n) is 3.24. The first-order chi connectivity index (χ1) is 12.8. The number of alkyl halides is 4. The second-order valence-corrected chi connectivity index (χ2v) is 6.45. The first-order valence-electron chi connectivity index (χ1n) is 8.50. The number of likely N-dealkylation sites (tertiary alicyclic amines) is 1. The van der Waals surface area contributed by atoms with E-state index >= 15 is 0 Å². The summed E-state index contributed by atoms with van der Waals surface area (Å²) in [6.45, 7) is 0.808. The molecule has 146 valence electrons. The molecule has 2 heterocycles. The van der Waals surface area contributed by atoms with Crippen LogP contribution in [0.2, 0.25) is 0 Å². The average Bonchev–Trinajstić information content (AvgIpc) is 3.07. The van der Waals surface area contributed by atoms with E-state index in [0.29, 0.717) is 13.1 Å². The topological polar surface area (TPSA) is 47.4 Å². The Labute approximate surface area is 153 Å². The number of ether oxygens (including phenoxy) is 1. The van der Waals surface area contributed by atoms with E-state index in [1.807, 2.05) is 17.8 Å². The Kier molecular flexibility index (Phi) is 5.38. The number of halogens is 4. The van der Waals surface area contributed by atoms with Gasteiger partial charge in [-0.25, -0.2) is 4.98 Å². The van der Waals surface area contributed by atoms with E-state index in [0.717, 1.165) is 24.7 Å². The molecule has 1 aliphatic heterocycles. The van der Waals surface area contributed by atoms with Crippen LogP contribution in [0.5, 0.6) is 5.75 Å². The van der Waals surface area contributed by atoms with Crippen molar-refractivity contribution in [2.24, 2.45) is 7.05 Å². The van der Waals surface area contributed by atoms with Crippen molar-refractivity contribution in [1.29, 1.82) is 0 Å². The summed E-state index contributed by atoms with van der Waals surface area (Å²) < 4.78 is 57.6. The van der Waals surface area contributed by atoms with E-state index in [-0.39, 0.29) is 11.5 Å². The van der Waals surface area contributed by atoms with Crippen molar-refractivity contribution in [3.8, 4) is 5.75 Å². The van der Waals surface area contributed by atoms with Crippen LogP contribution in [0.1, 0.15) is 34.9 Å². The highest BCUT2D eigenvalue weighted by atomic mass is 19.3. The Morgan fingerprint density at radius 3 is 2.74 bits per heavy atom. The summed E-state index contributed by atoms with van der Waals surface area (Å²) in [5.74, 6) is -0.249. The third-order valence-electron chi connectivity index (χ3n) is 4.55. The maximum atomic E-state index is 13.3. The van der Waals surface area contributed by atoms with Crippen LogP contribution < -0.4 is 4.74 Å². The first kappa shape index (κ1) is 19.2. The Morgan fingerprint density at radius 2 is 2.07 bits per heavy atom. The molecule has 0 saturated carbocycles. The number of aryl methyl sites for hydroxylation is 1. The van der Waals surface area contributed by atoms with Gasteiger partial charge in [-0.2, -0.15) is 17.6 Å². The average molecular weight is 385 g/mol. The van der Waals surface area contributed by atoms with E-state index in [2.05, 4.69) is 9.72 Å². The van der Waals surface area contributed by atoms with Gasteiger partial charge in [-0.3, -0.25) is 4.79 Å². The number of nitrogens with zero attached hydrogens (tertiary/aromatic N) is 3. The molecule has 1 amide bonds. The number of para-hydroxylation sites is 1. The molecule has 0 bridgehead atoms. The van der Waals surface area contributed by atoms with Crippen molar-refractivity contribution >= 4 is 5.91 Å². The van der Waals surface area contributed by atoms with Gasteiger partial charge in [0.2, 0.25) is 0 Å². The highest BCUT2D eigenvalue weighted by Crippen LogP contribution is 2.32. The Hall–Kier alpha value is -2.58. The molecule has 27 heavy (non-hydrogen) atoms. The predicted octanol–water partition coefficient (Wildman–Crippen LogP) is 3.68. The lowest BCUT2D eigenvalue weighted by Crippen LogP contribution is -2.40. The number of carbonyl (C=O) groups excluding carboxylic acids is 1. The Morgan fingerprint density at radius 1 is 1.33 bits per heavy atom. The zero-order chi connectivity index (χ0) is 19.6. The molecule has 1 fully saturated rings. The molecule has 1 atom stereocenters. The zero-order valence-electron chi connectivity index (χ0n) is 14.6. The van der Waals surface area contributed by atoms with Crippen molar-refractivity contribution in [3.05, 3.63) is 48.0 Å². The molecule has 0 radical (unpaired) electrons. The minimum Gasteiger partial charge on any atom is -0.427 e. The molecule has 1 aromatic heterocycles. The summed E-state index contributed by atoms with van der Waals surface area (Å²) >= 11 is 0. The highest BCUT2D eigenvalue weighted by molar-refractivity contribution is 5.97. The lowest BCUT2D eigenvalue weighted by atomic mass is 9.96. The van der Waals surface area contributed by atoms with Gasteiger partial charge in [0.15, 0.2) is 0 Å². The molecule has 0 unspecified atom stereocenters. The fourth-order valence-corrected chi connectivity index (χ4v) is 3.24. The monoisotopic (exact) mass is 385 g/mol. The van der Waals surface area contributed by atoms with Crippen LogP contribution in [0.4, 0.5) is 17.6 Å². The summed E-state index contributed by atoms with van der Waals surface area (Å²) in [5.41, 5.74) is -0.168. The predicted molar refractivity (Wildman–Crippen MR) is 89.1 cm³/mol. The largest absolute Gasteiger partial charge is 0.461 e. The van der Waals surface area contributed by atoms with Gasteiger partial charge < -0.3 is 14.2 Å². The van der Waals surface area contributed by atoms with Crippen LogP contribution in [0, 0.1) is 0 Å². The first-order valence-corrected chi connectivity index (χ1v) is 8.50. The minimum atomic E-state index is -4.67. The molecule has 1 saturated heterocycles. The molecule has 1 aliphatic rings. The standard InChI is InChI=1S/C18H19F4N3O2/c1-24-10-8-23-15(24)12-5-4-9-25(11-12)16(26)13-6-2-3-7-14(13)27-18(21,22)17(19)20/h2-3,6-8,10,12,17H,4-5,9,11H2,1H3/t12-/m1/s1. The van der Waals surface area contributed by atoms with E-state index in [1.165, 1.54) is 23.1 Å². The summed E-state index contributed by atoms with van der Waals surface area (Å²) in [5, 5.41) is 0. The molecule has 2 aromatic rings. The van der Waals surface area contributed by atoms with Crippen molar-refractivity contribution in [2.45, 2.75) is 31.3 Å². The van der Waals surface area contributed by atoms with Crippen molar-refractivity contribution < 1.29 is 27.1 Å². The van der Waals surface area contributed by atoms with Crippen LogP contribution in [0.15, 0.2) is 36.7 Å². The number of hydrogen-bond acceptors (Lipinski definition) is 3. The normalized spacial score (nSPS) is 18.0. The molecule has 0 aliphatic carbocycles. The maximum absolute atomic E-state index is 13.3. The quantitative estimate of drug-likeness (QED) is 0.738. The number of hydrogen-bond donors (Lipinski definition) is 0. The lowest BCUT2D eigenvalue weighted by molar-refractivity contribution is -0.253. The van der Waals surface area contributed by atoms with E-state index in [9.17, 15) is 22.4 Å². The Bertz CT molecular complexity index is 809. The molecule has 1 aromatic carbocycles. The van der Waals surface area contributed by atoms with Gasteiger partial charge in [0.05, 0.1) is 5.56 Å². The maximum Gasteiger partial charge on any atom is 0.461 e. The second kappa shape index (κ2) is 7.58. The SMILES string of the molecule is Cn1ccnc1[C@@H]1CCCN(C(=O)c2ccccc2OC(F)(F)C(F)F)C1. The molecule has 0 N–H and O–H groups in total. The third kappa shape index (κ3) is 4.06. The third-order valence-corrected chi connectivity index (χ3v) is 4.55. The number of rotatable bonds is 5. The molecule has 5 nitrogen and oxygen atoms in total. The van der Waals surface area contributed by atoms with Gasteiger partial charge in [0.25, 0.3) is 5.91 Å². The molecule has 3 rings (SSSR count). The van der Waals surface area contributed by atoms with E-state index < -0.39 is 24.2 Å². The van der Waals surface area contributed by atoms with Crippen LogP contribution in [-0.4, -0.2) is 46.0 Å². The summed E-state index contributed by atoms with van der Waals surface area (Å²) in [7, 11) is 1.86. The van der Waals surface area contributed by atoms with Crippen LogP contribution in [0.25, 0.3) is 0 Å². The van der Waals surface area contributed by atoms with Crippen LogP contribution >= 0.6 is 0 Å². The van der Waals surface area contributed by atoms with Gasteiger partial charge in [-0.15, -0.1) is 0 Å². The van der Waals surface area contributed by atoms with Gasteiger partial charge in [-0.1, -0.05) is 12.1 Å². The van der Waals surface area contributed by atoms with E-state index in [1.54, 1.807) is 6.20 Å². The molecular formula is C18H19F4N3O2. The summed E-state index contributed by atoms with van der Waals surface area (Å²) in [6, 6.07) is 5.20. The zero-order valence-corrected chi connectivity index (χ0v) is 14.6. The molecule has 9 heteroatoms. The smallest absolute Gasteiger partial charge is 0.427 e. The highest BCUT2D eigenvalue weighted by Gasteiger charge is 2.44. The summed E-state index contributed by atoms with van der Waals surface area (Å²) in [6.07, 6.45) is -3.62. The summed E-state index contributed by atoms with van der Waals surface area (Å²) in [4.78, 5) is 18.7. The fraction of sp³-hybridized carbons (Fsp3) is 0.444. The van der Waals surface area contributed by atoms with Crippen LogP contribution in [0.3, 0.4) is 0 Å². The van der Waals surface area contributed by atoms with Gasteiger partial charge in [-0.05, 0) is 25.0 Å². The number of amides is 1. The van der Waals surface area contributed by atoms with Crippen molar-refractivity contribution in [2.75, 3.05) is 13.1 Å². The second-order valence-electron chi connectivity index (χ2n) is 6.45. The number of carbonyl (C=O) groups is 1. The molecule has 0 spiro atoms. The number of imidazole rings is 1. The Balaban J connectivity index is 1.81. The van der Waals surface area contributed by atoms with E-state index in [4.69, 9.17) is 0 Å². The lowest BCUT2D eigenvalue weighted by Gasteiger charge is -2.33. The number of piperidine rings is 1. The minimum absolute atomic E-state index is 0.0123. The molecular weight excluding hydrogens is 366 g/mol. The van der Waals surface area contributed by atoms with Crippen molar-refractivity contribution in [1.82, 2.24) is 14.5 Å². The number of aromatic nitrogens is 2.